The molecular formula is C11H14F3NO3. The SMILES string of the molecule is CCCNC(c1ccc(C(=O)OC)o1)C(F)(F)F. The molecule has 1 unspecified atom stereocenters. The van der Waals surface area contributed by atoms with Crippen LogP contribution in [0, 0.1) is 0 Å². The molecule has 0 amide bonds. The highest BCUT2D eigenvalue weighted by atomic mass is 19.4. The predicted octanol–water partition coefficient (Wildman–Crippen LogP) is 2.67. The first kappa shape index (κ1) is 14.6. The molecule has 1 atom stereocenters. The van der Waals surface area contributed by atoms with Crippen molar-refractivity contribution in [3.63, 3.8) is 0 Å². The van der Waals surface area contributed by atoms with E-state index >= 15 is 0 Å². The van der Waals surface area contributed by atoms with Crippen LogP contribution in [0.25, 0.3) is 0 Å². The molecule has 1 N–H and O–H groups in total. The third kappa shape index (κ3) is 3.49. The van der Waals surface area contributed by atoms with E-state index in [1.807, 2.05) is 0 Å². The summed E-state index contributed by atoms with van der Waals surface area (Å²) >= 11 is 0. The van der Waals surface area contributed by atoms with Crippen molar-refractivity contribution < 1.29 is 27.1 Å². The van der Waals surface area contributed by atoms with Crippen LogP contribution in [0.1, 0.15) is 35.7 Å². The fourth-order valence-electron chi connectivity index (χ4n) is 1.38. The number of carbonyl (C=O) groups is 1. The first-order valence-electron chi connectivity index (χ1n) is 5.38. The van der Waals surface area contributed by atoms with E-state index in [-0.39, 0.29) is 18.1 Å². The summed E-state index contributed by atoms with van der Waals surface area (Å²) in [5.74, 6) is -1.41. The summed E-state index contributed by atoms with van der Waals surface area (Å²) in [5, 5.41) is 2.33. The van der Waals surface area contributed by atoms with Gasteiger partial charge in [0.05, 0.1) is 7.11 Å². The quantitative estimate of drug-likeness (QED) is 0.831. The van der Waals surface area contributed by atoms with Crippen molar-refractivity contribution in [2.45, 2.75) is 25.6 Å². The molecule has 0 saturated carbocycles. The van der Waals surface area contributed by atoms with Gasteiger partial charge in [0, 0.05) is 0 Å². The van der Waals surface area contributed by atoms with Crippen molar-refractivity contribution in [1.29, 1.82) is 0 Å². The van der Waals surface area contributed by atoms with Gasteiger partial charge in [-0.2, -0.15) is 13.2 Å². The van der Waals surface area contributed by atoms with E-state index in [0.29, 0.717) is 6.42 Å². The average Bonchev–Trinajstić information content (AvgIpc) is 2.76. The van der Waals surface area contributed by atoms with E-state index in [0.717, 1.165) is 19.2 Å². The molecule has 0 aliphatic rings. The first-order chi connectivity index (χ1) is 8.40. The van der Waals surface area contributed by atoms with Gasteiger partial charge in [0.15, 0.2) is 6.04 Å². The molecule has 4 nitrogen and oxygen atoms in total. The molecule has 1 aromatic heterocycles. The number of rotatable bonds is 5. The summed E-state index contributed by atoms with van der Waals surface area (Å²) in [7, 11) is 1.13. The van der Waals surface area contributed by atoms with Crippen molar-refractivity contribution in [2.24, 2.45) is 0 Å². The Balaban J connectivity index is 2.92. The smallest absolute Gasteiger partial charge is 0.410 e. The fourth-order valence-corrected chi connectivity index (χ4v) is 1.38. The topological polar surface area (TPSA) is 51.5 Å². The van der Waals surface area contributed by atoms with Crippen molar-refractivity contribution in [3.05, 3.63) is 23.7 Å². The van der Waals surface area contributed by atoms with Gasteiger partial charge in [-0.05, 0) is 25.1 Å². The van der Waals surface area contributed by atoms with Gasteiger partial charge in [-0.25, -0.2) is 4.79 Å². The number of carbonyl (C=O) groups excluding carboxylic acids is 1. The van der Waals surface area contributed by atoms with Gasteiger partial charge in [0.25, 0.3) is 0 Å². The molecule has 7 heteroatoms. The van der Waals surface area contributed by atoms with Gasteiger partial charge < -0.3 is 9.15 Å². The third-order valence-electron chi connectivity index (χ3n) is 2.22. The van der Waals surface area contributed by atoms with Crippen LogP contribution >= 0.6 is 0 Å². The Morgan fingerprint density at radius 2 is 2.17 bits per heavy atom. The Morgan fingerprint density at radius 3 is 2.67 bits per heavy atom. The lowest BCUT2D eigenvalue weighted by molar-refractivity contribution is -0.161. The zero-order valence-corrected chi connectivity index (χ0v) is 10.0. The molecule has 1 heterocycles. The lowest BCUT2D eigenvalue weighted by atomic mass is 10.2. The van der Waals surface area contributed by atoms with E-state index in [1.165, 1.54) is 0 Å². The second kappa shape index (κ2) is 5.90. The van der Waals surface area contributed by atoms with E-state index in [4.69, 9.17) is 4.42 Å². The monoisotopic (exact) mass is 265 g/mol. The Bertz CT molecular complexity index is 400. The second-order valence-corrected chi connectivity index (χ2v) is 3.62. The van der Waals surface area contributed by atoms with E-state index in [2.05, 4.69) is 10.1 Å². The van der Waals surface area contributed by atoms with E-state index < -0.39 is 18.2 Å². The predicted molar refractivity (Wildman–Crippen MR) is 57.1 cm³/mol. The number of halogens is 3. The minimum Gasteiger partial charge on any atom is -0.463 e. The number of furan rings is 1. The summed E-state index contributed by atoms with van der Waals surface area (Å²) in [6.07, 6.45) is -3.93. The van der Waals surface area contributed by atoms with Gasteiger partial charge in [-0.1, -0.05) is 6.92 Å². The normalized spacial score (nSPS) is 13.4. The molecule has 0 radical (unpaired) electrons. The number of ether oxygens (including phenoxy) is 1. The number of methoxy groups -OCH3 is 1. The van der Waals surface area contributed by atoms with Crippen LogP contribution in [-0.2, 0) is 4.74 Å². The lowest BCUT2D eigenvalue weighted by Gasteiger charge is -2.19. The van der Waals surface area contributed by atoms with Crippen LogP contribution in [0.2, 0.25) is 0 Å². The van der Waals surface area contributed by atoms with Gasteiger partial charge in [0.1, 0.15) is 5.76 Å². The highest BCUT2D eigenvalue weighted by Gasteiger charge is 2.42. The maximum absolute atomic E-state index is 12.8. The van der Waals surface area contributed by atoms with Crippen LogP contribution in [0.15, 0.2) is 16.5 Å². The minimum absolute atomic E-state index is 0.193. The molecule has 0 saturated heterocycles. The molecule has 0 spiro atoms. The van der Waals surface area contributed by atoms with E-state index in [9.17, 15) is 18.0 Å². The van der Waals surface area contributed by atoms with Gasteiger partial charge in [-0.15, -0.1) is 0 Å². The fraction of sp³-hybridized carbons (Fsp3) is 0.545. The number of alkyl halides is 3. The number of hydrogen-bond acceptors (Lipinski definition) is 4. The zero-order valence-electron chi connectivity index (χ0n) is 10.0. The molecule has 1 aromatic rings. The van der Waals surface area contributed by atoms with Crippen molar-refractivity contribution >= 4 is 5.97 Å². The van der Waals surface area contributed by atoms with Crippen molar-refractivity contribution in [3.8, 4) is 0 Å². The molecule has 0 fully saturated rings. The maximum atomic E-state index is 12.8. The Hall–Kier alpha value is -1.50. The van der Waals surface area contributed by atoms with Gasteiger partial charge >= 0.3 is 12.1 Å². The summed E-state index contributed by atoms with van der Waals surface area (Å²) in [6.45, 7) is 1.95. The largest absolute Gasteiger partial charge is 0.463 e. The molecular weight excluding hydrogens is 251 g/mol. The highest BCUT2D eigenvalue weighted by molar-refractivity contribution is 5.86. The van der Waals surface area contributed by atoms with Crippen molar-refractivity contribution in [2.75, 3.05) is 13.7 Å². The Morgan fingerprint density at radius 1 is 1.50 bits per heavy atom. The summed E-state index contributed by atoms with van der Waals surface area (Å²) in [5.41, 5.74) is 0. The molecule has 102 valence electrons. The van der Waals surface area contributed by atoms with Crippen LogP contribution < -0.4 is 5.32 Å². The average molecular weight is 265 g/mol. The summed E-state index contributed by atoms with van der Waals surface area (Å²) < 4.78 is 47.6. The number of esters is 1. The minimum atomic E-state index is -4.49. The molecule has 0 aliphatic carbocycles. The van der Waals surface area contributed by atoms with Crippen LogP contribution in [0.3, 0.4) is 0 Å². The molecule has 1 rings (SSSR count). The molecule has 0 aromatic carbocycles. The summed E-state index contributed by atoms with van der Waals surface area (Å²) in [4.78, 5) is 11.1. The Kier molecular flexibility index (Phi) is 4.77. The van der Waals surface area contributed by atoms with Gasteiger partial charge in [-0.3, -0.25) is 5.32 Å². The maximum Gasteiger partial charge on any atom is 0.410 e. The third-order valence-corrected chi connectivity index (χ3v) is 2.22. The number of nitrogens with one attached hydrogen (secondary N) is 1. The molecule has 0 aliphatic heterocycles. The summed E-state index contributed by atoms with van der Waals surface area (Å²) in [6, 6.07) is 0.358. The van der Waals surface area contributed by atoms with Crippen LogP contribution in [0.5, 0.6) is 0 Å². The molecule has 18 heavy (non-hydrogen) atoms. The molecule has 0 bridgehead atoms. The van der Waals surface area contributed by atoms with E-state index in [1.54, 1.807) is 6.92 Å². The number of hydrogen-bond donors (Lipinski definition) is 1. The zero-order chi connectivity index (χ0) is 13.8. The highest BCUT2D eigenvalue weighted by Crippen LogP contribution is 2.33. The van der Waals surface area contributed by atoms with Gasteiger partial charge in [0.2, 0.25) is 5.76 Å². The lowest BCUT2D eigenvalue weighted by Crippen LogP contribution is -2.34. The Labute approximate surface area is 102 Å². The van der Waals surface area contributed by atoms with Crippen molar-refractivity contribution in [1.82, 2.24) is 5.32 Å². The second-order valence-electron chi connectivity index (χ2n) is 3.62. The van der Waals surface area contributed by atoms with Crippen LogP contribution in [0.4, 0.5) is 13.2 Å². The van der Waals surface area contributed by atoms with Crippen LogP contribution in [-0.4, -0.2) is 25.8 Å². The first-order valence-corrected chi connectivity index (χ1v) is 5.38. The standard InChI is InChI=1S/C11H14F3NO3/c1-3-6-15-9(11(12,13)14)7-4-5-8(18-7)10(16)17-2/h4-5,9,15H,3,6H2,1-2H3.